The van der Waals surface area contributed by atoms with Gasteiger partial charge in [0, 0.05) is 36.5 Å². The third-order valence-electron chi connectivity index (χ3n) is 9.36. The van der Waals surface area contributed by atoms with E-state index in [0.717, 1.165) is 0 Å². The summed E-state index contributed by atoms with van der Waals surface area (Å²) in [7, 11) is 0. The van der Waals surface area contributed by atoms with E-state index in [-0.39, 0.29) is 48.3 Å². The standard InChI is InChI=1S/C24H29FO6/c1-12-7-15-16-9-18(25)17-8-14(27)5-6-21(17,3)24(16)20(31-24)10-22(15,4)23(12,29)19(28)11-30-13(2)26/h5-6,12,15-16,20,29H,7-11H2,1-4H3/t12-,15?,16?,20?,21?,22?,23+,24?/m1/s1. The van der Waals surface area contributed by atoms with Gasteiger partial charge >= 0.3 is 5.97 Å². The molecule has 6 unspecified atom stereocenters. The predicted octanol–water partition coefficient (Wildman–Crippen LogP) is 2.83. The van der Waals surface area contributed by atoms with E-state index in [4.69, 9.17) is 9.47 Å². The minimum Gasteiger partial charge on any atom is -0.458 e. The number of ether oxygens (including phenoxy) is 2. The number of hydrogen-bond donors (Lipinski definition) is 1. The van der Waals surface area contributed by atoms with E-state index in [2.05, 4.69) is 0 Å². The lowest BCUT2D eigenvalue weighted by atomic mass is 9.47. The Morgan fingerprint density at radius 1 is 1.32 bits per heavy atom. The zero-order valence-corrected chi connectivity index (χ0v) is 18.4. The summed E-state index contributed by atoms with van der Waals surface area (Å²) >= 11 is 0. The Kier molecular flexibility index (Phi) is 4.16. The number of Topliss-reactive ketones (excluding diaryl/α,β-unsaturated/α-hetero) is 1. The van der Waals surface area contributed by atoms with Crippen LogP contribution in [0, 0.1) is 28.6 Å². The summed E-state index contributed by atoms with van der Waals surface area (Å²) in [6.45, 7) is 6.45. The number of hydrogen-bond acceptors (Lipinski definition) is 6. The molecule has 6 nitrogen and oxygen atoms in total. The zero-order valence-electron chi connectivity index (χ0n) is 18.4. The fourth-order valence-electron chi connectivity index (χ4n) is 7.82. The number of carbonyl (C=O) groups is 3. The van der Waals surface area contributed by atoms with Crippen LogP contribution < -0.4 is 0 Å². The molecular weight excluding hydrogens is 403 g/mol. The van der Waals surface area contributed by atoms with Crippen LogP contribution in [0.3, 0.4) is 0 Å². The van der Waals surface area contributed by atoms with Gasteiger partial charge < -0.3 is 14.6 Å². The van der Waals surface area contributed by atoms with Crippen molar-refractivity contribution in [2.24, 2.45) is 28.6 Å². The van der Waals surface area contributed by atoms with Crippen LogP contribution >= 0.6 is 0 Å². The highest BCUT2D eigenvalue weighted by atomic mass is 19.1. The van der Waals surface area contributed by atoms with Crippen molar-refractivity contribution in [2.45, 2.75) is 70.7 Å². The normalized spacial score (nSPS) is 49.7. The number of fused-ring (bicyclic) bond motifs is 3. The molecule has 1 saturated heterocycles. The number of aliphatic hydroxyl groups is 1. The van der Waals surface area contributed by atoms with Crippen molar-refractivity contribution < 1.29 is 33.4 Å². The molecule has 8 atom stereocenters. The van der Waals surface area contributed by atoms with Crippen LogP contribution in [-0.4, -0.2) is 46.6 Å². The van der Waals surface area contributed by atoms with Gasteiger partial charge in [-0.15, -0.1) is 0 Å². The monoisotopic (exact) mass is 432 g/mol. The Labute approximate surface area is 180 Å². The van der Waals surface area contributed by atoms with Gasteiger partial charge in [0.25, 0.3) is 0 Å². The molecule has 5 rings (SSSR count). The molecule has 3 fully saturated rings. The van der Waals surface area contributed by atoms with E-state index < -0.39 is 40.4 Å². The highest BCUT2D eigenvalue weighted by Gasteiger charge is 2.82. The summed E-state index contributed by atoms with van der Waals surface area (Å²) in [5.41, 5.74) is -3.28. The third kappa shape index (κ3) is 2.31. The average molecular weight is 432 g/mol. The number of rotatable bonds is 3. The second-order valence-electron chi connectivity index (χ2n) is 10.6. The second kappa shape index (κ2) is 6.13. The van der Waals surface area contributed by atoms with Crippen molar-refractivity contribution >= 4 is 17.5 Å². The van der Waals surface area contributed by atoms with Crippen LogP contribution in [0.4, 0.5) is 4.39 Å². The predicted molar refractivity (Wildman–Crippen MR) is 107 cm³/mol. The molecule has 0 bridgehead atoms. The summed E-state index contributed by atoms with van der Waals surface area (Å²) in [6.07, 6.45) is 4.37. The Balaban J connectivity index is 1.56. The van der Waals surface area contributed by atoms with Crippen LogP contribution in [0.25, 0.3) is 0 Å². The first kappa shape index (κ1) is 21.0. The molecule has 4 aliphatic carbocycles. The van der Waals surface area contributed by atoms with Crippen LogP contribution in [-0.2, 0) is 23.9 Å². The van der Waals surface area contributed by atoms with Crippen LogP contribution in [0.1, 0.15) is 53.4 Å². The van der Waals surface area contributed by atoms with Gasteiger partial charge in [0.15, 0.2) is 12.4 Å². The first-order chi connectivity index (χ1) is 14.4. The molecular formula is C24H29FO6. The molecule has 5 aliphatic rings. The first-order valence-electron chi connectivity index (χ1n) is 11.1. The summed E-state index contributed by atoms with van der Waals surface area (Å²) in [6, 6.07) is 0. The topological polar surface area (TPSA) is 93.2 Å². The number of carbonyl (C=O) groups excluding carboxylic acids is 3. The van der Waals surface area contributed by atoms with Crippen molar-refractivity contribution in [1.82, 2.24) is 0 Å². The van der Waals surface area contributed by atoms with Gasteiger partial charge in [-0.1, -0.05) is 19.9 Å². The van der Waals surface area contributed by atoms with E-state index in [9.17, 15) is 19.5 Å². The van der Waals surface area contributed by atoms with E-state index in [1.807, 2.05) is 20.8 Å². The number of halogens is 1. The molecule has 168 valence electrons. The summed E-state index contributed by atoms with van der Waals surface area (Å²) < 4.78 is 26.7. The number of allylic oxidation sites excluding steroid dienone is 2. The molecule has 1 N–H and O–H groups in total. The van der Waals surface area contributed by atoms with Crippen molar-refractivity contribution in [3.05, 3.63) is 23.6 Å². The maximum atomic E-state index is 15.4. The fourth-order valence-corrected chi connectivity index (χ4v) is 7.82. The van der Waals surface area contributed by atoms with Crippen molar-refractivity contribution in [2.75, 3.05) is 6.61 Å². The number of ketones is 2. The Morgan fingerprint density at radius 2 is 2.03 bits per heavy atom. The quantitative estimate of drug-likeness (QED) is 0.545. The molecule has 0 aromatic carbocycles. The minimum atomic E-state index is -1.68. The Morgan fingerprint density at radius 3 is 2.71 bits per heavy atom. The third-order valence-corrected chi connectivity index (χ3v) is 9.36. The maximum Gasteiger partial charge on any atom is 0.303 e. The van der Waals surface area contributed by atoms with E-state index in [0.29, 0.717) is 18.4 Å². The highest BCUT2D eigenvalue weighted by molar-refractivity contribution is 5.94. The summed E-state index contributed by atoms with van der Waals surface area (Å²) in [5, 5.41) is 11.8. The van der Waals surface area contributed by atoms with E-state index in [1.54, 1.807) is 6.08 Å². The molecule has 2 saturated carbocycles. The molecule has 0 amide bonds. The second-order valence-corrected chi connectivity index (χ2v) is 10.6. The molecule has 0 aromatic heterocycles. The minimum absolute atomic E-state index is 0.0759. The van der Waals surface area contributed by atoms with Gasteiger partial charge in [0.2, 0.25) is 5.78 Å². The molecule has 0 aromatic rings. The molecule has 1 heterocycles. The van der Waals surface area contributed by atoms with Crippen LogP contribution in [0.15, 0.2) is 23.6 Å². The summed E-state index contributed by atoms with van der Waals surface area (Å²) in [5.74, 6) is -2.14. The lowest BCUT2D eigenvalue weighted by Gasteiger charge is -2.55. The Hall–Kier alpha value is -1.86. The van der Waals surface area contributed by atoms with Gasteiger partial charge in [-0.25, -0.2) is 4.39 Å². The van der Waals surface area contributed by atoms with Gasteiger partial charge in [0.05, 0.1) is 6.10 Å². The van der Waals surface area contributed by atoms with Crippen molar-refractivity contribution in [3.63, 3.8) is 0 Å². The van der Waals surface area contributed by atoms with Gasteiger partial charge in [0.1, 0.15) is 17.0 Å². The highest BCUT2D eigenvalue weighted by Crippen LogP contribution is 2.76. The SMILES string of the molecule is CC(=O)OCC(=O)[C@@]1(O)[C@H](C)CC2C3CC(F)=C4CC(=O)C=CC4(C)C34OC4CC21C. The van der Waals surface area contributed by atoms with Gasteiger partial charge in [-0.2, -0.15) is 0 Å². The maximum absolute atomic E-state index is 15.4. The summed E-state index contributed by atoms with van der Waals surface area (Å²) in [4.78, 5) is 36.3. The smallest absolute Gasteiger partial charge is 0.303 e. The number of epoxide rings is 1. The van der Waals surface area contributed by atoms with Crippen molar-refractivity contribution in [1.29, 1.82) is 0 Å². The first-order valence-corrected chi connectivity index (χ1v) is 11.1. The Bertz CT molecular complexity index is 969. The van der Waals surface area contributed by atoms with Crippen LogP contribution in [0.5, 0.6) is 0 Å². The van der Waals surface area contributed by atoms with Gasteiger partial charge in [-0.05, 0) is 43.3 Å². The lowest BCUT2D eigenvalue weighted by molar-refractivity contribution is -0.170. The molecule has 0 radical (unpaired) electrons. The molecule has 7 heteroatoms. The fraction of sp³-hybridized carbons (Fsp3) is 0.708. The molecule has 31 heavy (non-hydrogen) atoms. The van der Waals surface area contributed by atoms with E-state index >= 15 is 4.39 Å². The largest absolute Gasteiger partial charge is 0.458 e. The van der Waals surface area contributed by atoms with E-state index in [1.165, 1.54) is 13.0 Å². The van der Waals surface area contributed by atoms with Gasteiger partial charge in [-0.3, -0.25) is 14.4 Å². The molecule has 1 aliphatic heterocycles. The lowest BCUT2D eigenvalue weighted by Crippen LogP contribution is -2.62. The average Bonchev–Trinajstić information content (AvgIpc) is 3.38. The van der Waals surface area contributed by atoms with Crippen LogP contribution in [0.2, 0.25) is 0 Å². The molecule has 1 spiro atoms. The zero-order chi connectivity index (χ0) is 22.6. The number of esters is 1. The van der Waals surface area contributed by atoms with Crippen molar-refractivity contribution in [3.8, 4) is 0 Å².